The lowest BCUT2D eigenvalue weighted by Gasteiger charge is -1.99. The zero-order chi connectivity index (χ0) is 12.5. The minimum absolute atomic E-state index is 0.498. The van der Waals surface area contributed by atoms with Crippen molar-refractivity contribution in [3.63, 3.8) is 0 Å². The molecule has 5 heteroatoms. The quantitative estimate of drug-likeness (QED) is 0.721. The first kappa shape index (κ1) is 11.7. The largest absolute Gasteiger partial charge is 0.337 e. The topological polar surface area (TPSA) is 41.6 Å². The molecule has 0 atom stereocenters. The Morgan fingerprint density at radius 3 is 3.00 bits per heavy atom. The Morgan fingerprint density at radius 1 is 1.28 bits per heavy atom. The van der Waals surface area contributed by atoms with Crippen molar-refractivity contribution in [3.8, 4) is 11.4 Å². The predicted octanol–water partition coefficient (Wildman–Crippen LogP) is 4.13. The van der Waals surface area contributed by atoms with E-state index >= 15 is 0 Å². The van der Waals surface area contributed by atoms with Gasteiger partial charge in [-0.2, -0.15) is 0 Å². The van der Waals surface area contributed by atoms with Crippen LogP contribution in [-0.4, -0.2) is 15.0 Å². The molecule has 0 aliphatic heterocycles. The number of rotatable bonds is 2. The van der Waals surface area contributed by atoms with Crippen molar-refractivity contribution < 1.29 is 0 Å². The summed E-state index contributed by atoms with van der Waals surface area (Å²) in [5, 5.41) is 0. The molecule has 90 valence electrons. The number of hydrogen-bond acceptors (Lipinski definition) is 2. The lowest BCUT2D eigenvalue weighted by atomic mass is 10.1. The van der Waals surface area contributed by atoms with Gasteiger partial charge in [-0.15, -0.1) is 11.6 Å². The van der Waals surface area contributed by atoms with Crippen LogP contribution in [0.4, 0.5) is 0 Å². The standard InChI is InChI=1S/C13H9BrClN3/c14-10-5-11-13(16-7-10)18-12(17-11)9-3-1-2-8(4-9)6-15/h1-5,7H,6H2,(H,16,17,18). The van der Waals surface area contributed by atoms with Gasteiger partial charge in [0, 0.05) is 22.1 Å². The zero-order valence-corrected chi connectivity index (χ0v) is 11.7. The molecule has 3 rings (SSSR count). The Labute approximate surface area is 117 Å². The summed E-state index contributed by atoms with van der Waals surface area (Å²) >= 11 is 9.23. The summed E-state index contributed by atoms with van der Waals surface area (Å²) in [5.74, 6) is 1.31. The van der Waals surface area contributed by atoms with E-state index in [-0.39, 0.29) is 0 Å². The summed E-state index contributed by atoms with van der Waals surface area (Å²) in [6.07, 6.45) is 1.74. The molecule has 3 aromatic rings. The molecule has 18 heavy (non-hydrogen) atoms. The lowest BCUT2D eigenvalue weighted by molar-refractivity contribution is 1.29. The van der Waals surface area contributed by atoms with Crippen LogP contribution in [0.2, 0.25) is 0 Å². The SMILES string of the molecule is ClCc1cccc(-c2nc3ncc(Br)cc3[nH]2)c1. The molecule has 0 aliphatic carbocycles. The van der Waals surface area contributed by atoms with Crippen LogP contribution in [0.1, 0.15) is 5.56 Å². The number of hydrogen-bond donors (Lipinski definition) is 1. The van der Waals surface area contributed by atoms with Gasteiger partial charge >= 0.3 is 0 Å². The van der Waals surface area contributed by atoms with Gasteiger partial charge in [0.2, 0.25) is 0 Å². The number of nitrogens with one attached hydrogen (secondary N) is 1. The number of imidazole rings is 1. The molecule has 0 aliphatic rings. The van der Waals surface area contributed by atoms with E-state index in [0.29, 0.717) is 11.5 Å². The van der Waals surface area contributed by atoms with E-state index in [1.54, 1.807) is 6.20 Å². The average molecular weight is 323 g/mol. The maximum atomic E-state index is 5.84. The van der Waals surface area contributed by atoms with E-state index in [1.165, 1.54) is 0 Å². The maximum Gasteiger partial charge on any atom is 0.178 e. The van der Waals surface area contributed by atoms with Crippen molar-refractivity contribution in [2.24, 2.45) is 0 Å². The van der Waals surface area contributed by atoms with Crippen molar-refractivity contribution in [2.75, 3.05) is 0 Å². The molecule has 0 spiro atoms. The molecule has 2 heterocycles. The Kier molecular flexibility index (Phi) is 3.06. The van der Waals surface area contributed by atoms with Crippen molar-refractivity contribution in [3.05, 3.63) is 46.6 Å². The van der Waals surface area contributed by atoms with Crippen LogP contribution < -0.4 is 0 Å². The van der Waals surface area contributed by atoms with Crippen molar-refractivity contribution in [2.45, 2.75) is 5.88 Å². The molecule has 0 fully saturated rings. The highest BCUT2D eigenvalue weighted by Crippen LogP contribution is 2.22. The van der Waals surface area contributed by atoms with Gasteiger partial charge in [0.15, 0.2) is 5.65 Å². The molecule has 1 N–H and O–H groups in total. The first-order chi connectivity index (χ1) is 8.76. The highest BCUT2D eigenvalue weighted by Gasteiger charge is 2.06. The van der Waals surface area contributed by atoms with E-state index in [1.807, 2.05) is 30.3 Å². The molecule has 0 saturated carbocycles. The van der Waals surface area contributed by atoms with Crippen LogP contribution in [0.3, 0.4) is 0 Å². The van der Waals surface area contributed by atoms with Gasteiger partial charge in [-0.1, -0.05) is 18.2 Å². The summed E-state index contributed by atoms with van der Waals surface area (Å²) < 4.78 is 0.930. The molecule has 0 radical (unpaired) electrons. The summed E-state index contributed by atoms with van der Waals surface area (Å²) in [6.45, 7) is 0. The highest BCUT2D eigenvalue weighted by molar-refractivity contribution is 9.10. The Hall–Kier alpha value is -1.39. The number of fused-ring (bicyclic) bond motifs is 1. The van der Waals surface area contributed by atoms with Gasteiger partial charge < -0.3 is 4.98 Å². The summed E-state index contributed by atoms with van der Waals surface area (Å²) in [4.78, 5) is 12.0. The van der Waals surface area contributed by atoms with Crippen LogP contribution in [0.25, 0.3) is 22.6 Å². The molecular weight excluding hydrogens is 314 g/mol. The summed E-state index contributed by atoms with van der Waals surface area (Å²) in [5.41, 5.74) is 3.71. The second kappa shape index (κ2) is 4.71. The van der Waals surface area contributed by atoms with Crippen LogP contribution in [0.5, 0.6) is 0 Å². The van der Waals surface area contributed by atoms with Gasteiger partial charge in [0.25, 0.3) is 0 Å². The fourth-order valence-electron chi connectivity index (χ4n) is 1.81. The van der Waals surface area contributed by atoms with Crippen LogP contribution in [-0.2, 0) is 5.88 Å². The first-order valence-corrected chi connectivity index (χ1v) is 6.75. The van der Waals surface area contributed by atoms with Crippen molar-refractivity contribution >= 4 is 38.7 Å². The third-order valence-electron chi connectivity index (χ3n) is 2.66. The fraction of sp³-hybridized carbons (Fsp3) is 0.0769. The molecule has 0 amide bonds. The minimum Gasteiger partial charge on any atom is -0.337 e. The number of H-pyrrole nitrogens is 1. The molecule has 1 aromatic carbocycles. The monoisotopic (exact) mass is 321 g/mol. The predicted molar refractivity (Wildman–Crippen MR) is 76.6 cm³/mol. The number of halogens is 2. The summed E-state index contributed by atoms with van der Waals surface area (Å²) in [7, 11) is 0. The van der Waals surface area contributed by atoms with E-state index in [2.05, 4.69) is 30.9 Å². The number of benzene rings is 1. The molecule has 0 bridgehead atoms. The average Bonchev–Trinajstić information content (AvgIpc) is 2.81. The molecule has 2 aromatic heterocycles. The van der Waals surface area contributed by atoms with Crippen LogP contribution in [0.15, 0.2) is 41.0 Å². The number of alkyl halides is 1. The number of aromatic amines is 1. The number of aromatic nitrogens is 3. The van der Waals surface area contributed by atoms with Crippen molar-refractivity contribution in [1.29, 1.82) is 0 Å². The highest BCUT2D eigenvalue weighted by atomic mass is 79.9. The third-order valence-corrected chi connectivity index (χ3v) is 3.40. The summed E-state index contributed by atoms with van der Waals surface area (Å²) in [6, 6.07) is 9.96. The number of pyridine rings is 1. The van der Waals surface area contributed by atoms with Gasteiger partial charge in [-0.05, 0) is 33.6 Å². The smallest absolute Gasteiger partial charge is 0.178 e. The van der Waals surface area contributed by atoms with Gasteiger partial charge in [0.1, 0.15) is 5.82 Å². The van der Waals surface area contributed by atoms with E-state index in [4.69, 9.17) is 11.6 Å². The third kappa shape index (κ3) is 2.13. The number of nitrogens with zero attached hydrogens (tertiary/aromatic N) is 2. The van der Waals surface area contributed by atoms with Crippen LogP contribution >= 0.6 is 27.5 Å². The minimum atomic E-state index is 0.498. The fourth-order valence-corrected chi connectivity index (χ4v) is 2.31. The van der Waals surface area contributed by atoms with E-state index in [9.17, 15) is 0 Å². The maximum absolute atomic E-state index is 5.84. The van der Waals surface area contributed by atoms with Crippen molar-refractivity contribution in [1.82, 2.24) is 15.0 Å². The Morgan fingerprint density at radius 2 is 2.17 bits per heavy atom. The normalized spacial score (nSPS) is 11.0. The van der Waals surface area contributed by atoms with Gasteiger partial charge in [0.05, 0.1) is 5.52 Å². The molecule has 0 unspecified atom stereocenters. The second-order valence-electron chi connectivity index (χ2n) is 3.94. The molecular formula is C13H9BrClN3. The van der Waals surface area contributed by atoms with Gasteiger partial charge in [-0.25, -0.2) is 9.97 Å². The zero-order valence-electron chi connectivity index (χ0n) is 9.32. The molecule has 0 saturated heterocycles. The first-order valence-electron chi connectivity index (χ1n) is 5.43. The lowest BCUT2D eigenvalue weighted by Crippen LogP contribution is -1.83. The Balaban J connectivity index is 2.13. The van der Waals surface area contributed by atoms with Crippen LogP contribution in [0, 0.1) is 0 Å². The molecule has 3 nitrogen and oxygen atoms in total. The Bertz CT molecular complexity index is 708. The van der Waals surface area contributed by atoms with E-state index < -0.39 is 0 Å². The second-order valence-corrected chi connectivity index (χ2v) is 5.13. The van der Waals surface area contributed by atoms with Gasteiger partial charge in [-0.3, -0.25) is 0 Å². The van der Waals surface area contributed by atoms with E-state index in [0.717, 1.165) is 26.9 Å².